The highest BCUT2D eigenvalue weighted by Crippen LogP contribution is 2.32. The van der Waals surface area contributed by atoms with E-state index in [1.165, 1.54) is 12.1 Å². The number of amides is 1. The van der Waals surface area contributed by atoms with Gasteiger partial charge in [0.2, 0.25) is 15.9 Å². The maximum absolute atomic E-state index is 14.6. The summed E-state index contributed by atoms with van der Waals surface area (Å²) in [7, 11) is -3.46. The van der Waals surface area contributed by atoms with Gasteiger partial charge in [-0.2, -0.15) is 5.10 Å². The number of anilines is 1. The standard InChI is InChI=1S/C31H30FN9O3S/c1-31(2,3)11-26(42)36-21-10-19(13-33-14-21)23-5-6-24-28(37-23)29(41-40-24)30-38-25-16-34-15-22(27(25)39-30)18-7-17(8-20(32)9-18)12-35-45(4,43)44/h5-10,13-16,35H,11-12H2,1-4H3,(H,36,42)(H,38,39)(H,40,41). The number of carbonyl (C=O) groups excluding carboxylic acids is 1. The van der Waals surface area contributed by atoms with Crippen molar-refractivity contribution in [2.75, 3.05) is 11.6 Å². The Hall–Kier alpha value is -5.08. The molecule has 0 aliphatic rings. The van der Waals surface area contributed by atoms with Crippen LogP contribution in [0.1, 0.15) is 32.8 Å². The fourth-order valence-electron chi connectivity index (χ4n) is 4.94. The summed E-state index contributed by atoms with van der Waals surface area (Å²) in [5, 5.41) is 10.4. The molecule has 0 aliphatic heterocycles. The van der Waals surface area contributed by atoms with Crippen LogP contribution in [0, 0.1) is 11.2 Å². The van der Waals surface area contributed by atoms with Crippen molar-refractivity contribution in [1.82, 2.24) is 39.8 Å². The molecule has 0 aliphatic carbocycles. The Kier molecular flexibility index (Phi) is 7.62. The molecule has 0 fully saturated rings. The van der Waals surface area contributed by atoms with Crippen molar-refractivity contribution in [1.29, 1.82) is 0 Å². The number of hydrogen-bond acceptors (Lipinski definition) is 8. The smallest absolute Gasteiger partial charge is 0.224 e. The molecule has 1 aromatic carbocycles. The van der Waals surface area contributed by atoms with E-state index in [-0.39, 0.29) is 17.9 Å². The zero-order chi connectivity index (χ0) is 31.9. The molecule has 14 heteroatoms. The number of carbonyl (C=O) groups is 1. The normalized spacial score (nSPS) is 12.2. The lowest BCUT2D eigenvalue weighted by Crippen LogP contribution is -2.21. The molecule has 0 saturated carbocycles. The number of nitrogens with one attached hydrogen (secondary N) is 4. The molecule has 6 rings (SSSR count). The third-order valence-corrected chi connectivity index (χ3v) is 7.51. The molecule has 230 valence electrons. The summed E-state index contributed by atoms with van der Waals surface area (Å²) in [5.41, 5.74) is 6.09. The van der Waals surface area contributed by atoms with Crippen molar-refractivity contribution in [2.45, 2.75) is 33.7 Å². The number of hydrogen-bond donors (Lipinski definition) is 4. The van der Waals surface area contributed by atoms with Crippen molar-refractivity contribution in [2.24, 2.45) is 5.41 Å². The Bertz CT molecular complexity index is 2190. The van der Waals surface area contributed by atoms with E-state index in [9.17, 15) is 17.6 Å². The van der Waals surface area contributed by atoms with Crippen LogP contribution in [0.2, 0.25) is 0 Å². The number of aromatic amines is 2. The highest BCUT2D eigenvalue weighted by molar-refractivity contribution is 7.88. The lowest BCUT2D eigenvalue weighted by Gasteiger charge is -2.17. The van der Waals surface area contributed by atoms with Crippen molar-refractivity contribution in [3.05, 3.63) is 72.6 Å². The Morgan fingerprint density at radius 2 is 1.73 bits per heavy atom. The molecule has 6 aromatic rings. The number of nitrogens with zero attached hydrogens (tertiary/aromatic N) is 5. The Morgan fingerprint density at radius 3 is 2.51 bits per heavy atom. The highest BCUT2D eigenvalue weighted by Gasteiger charge is 2.19. The summed E-state index contributed by atoms with van der Waals surface area (Å²) in [5.74, 6) is -0.194. The Labute approximate surface area is 258 Å². The van der Waals surface area contributed by atoms with Crippen LogP contribution < -0.4 is 10.0 Å². The van der Waals surface area contributed by atoms with E-state index in [1.54, 1.807) is 30.9 Å². The molecule has 5 heterocycles. The zero-order valence-corrected chi connectivity index (χ0v) is 25.8. The van der Waals surface area contributed by atoms with E-state index < -0.39 is 15.8 Å². The first-order valence-corrected chi connectivity index (χ1v) is 15.9. The van der Waals surface area contributed by atoms with Gasteiger partial charge in [-0.3, -0.25) is 19.9 Å². The molecular formula is C31H30FN9O3S. The Balaban J connectivity index is 1.34. The van der Waals surface area contributed by atoms with E-state index in [4.69, 9.17) is 9.97 Å². The van der Waals surface area contributed by atoms with Crippen molar-refractivity contribution in [3.63, 3.8) is 0 Å². The first-order valence-electron chi connectivity index (χ1n) is 14.0. The first kappa shape index (κ1) is 30.0. The van der Waals surface area contributed by atoms with Crippen LogP contribution in [-0.2, 0) is 21.4 Å². The van der Waals surface area contributed by atoms with Gasteiger partial charge in [0.15, 0.2) is 11.5 Å². The fraction of sp³-hybridized carbons (Fsp3) is 0.226. The molecule has 1 amide bonds. The van der Waals surface area contributed by atoms with Crippen LogP contribution in [0.4, 0.5) is 10.1 Å². The summed E-state index contributed by atoms with van der Waals surface area (Å²) in [6.45, 7) is 5.94. The van der Waals surface area contributed by atoms with Gasteiger partial charge in [-0.05, 0) is 52.9 Å². The summed E-state index contributed by atoms with van der Waals surface area (Å²) < 4.78 is 40.1. The number of H-pyrrole nitrogens is 2. The number of benzene rings is 1. The van der Waals surface area contributed by atoms with Gasteiger partial charge < -0.3 is 10.3 Å². The number of imidazole rings is 1. The van der Waals surface area contributed by atoms with Crippen LogP contribution in [-0.4, -0.2) is 55.7 Å². The average Bonchev–Trinajstić information content (AvgIpc) is 3.58. The largest absolute Gasteiger partial charge is 0.335 e. The zero-order valence-electron chi connectivity index (χ0n) is 24.9. The van der Waals surface area contributed by atoms with Gasteiger partial charge in [0.25, 0.3) is 0 Å². The number of halogens is 1. The predicted molar refractivity (Wildman–Crippen MR) is 170 cm³/mol. The molecule has 4 N–H and O–H groups in total. The fourth-order valence-corrected chi connectivity index (χ4v) is 5.37. The highest BCUT2D eigenvalue weighted by atomic mass is 32.2. The minimum Gasteiger partial charge on any atom is -0.335 e. The SMILES string of the molecule is CC(C)(C)CC(=O)Nc1cncc(-c2ccc3[nH]nc(-c4nc5c(-c6cc(F)cc(CNS(C)(=O)=O)c6)cncc5[nH]4)c3n2)c1. The van der Waals surface area contributed by atoms with E-state index in [2.05, 4.69) is 35.2 Å². The van der Waals surface area contributed by atoms with Crippen molar-refractivity contribution >= 4 is 43.7 Å². The van der Waals surface area contributed by atoms with Gasteiger partial charge in [-0.25, -0.2) is 27.5 Å². The average molecular weight is 628 g/mol. The molecule has 12 nitrogen and oxygen atoms in total. The van der Waals surface area contributed by atoms with Gasteiger partial charge in [0.1, 0.15) is 11.3 Å². The van der Waals surface area contributed by atoms with Gasteiger partial charge in [0, 0.05) is 36.5 Å². The third-order valence-electron chi connectivity index (χ3n) is 6.84. The summed E-state index contributed by atoms with van der Waals surface area (Å²) in [6, 6.07) is 9.82. The second kappa shape index (κ2) is 11.4. The topological polar surface area (TPSA) is 171 Å². The summed E-state index contributed by atoms with van der Waals surface area (Å²) >= 11 is 0. The molecule has 45 heavy (non-hydrogen) atoms. The van der Waals surface area contributed by atoms with Crippen LogP contribution >= 0.6 is 0 Å². The number of sulfonamides is 1. The van der Waals surface area contributed by atoms with Crippen molar-refractivity contribution in [3.8, 4) is 33.9 Å². The molecule has 0 unspecified atom stereocenters. The Morgan fingerprint density at radius 1 is 0.933 bits per heavy atom. The first-order chi connectivity index (χ1) is 21.3. The van der Waals surface area contributed by atoms with Crippen LogP contribution in [0.15, 0.2) is 61.2 Å². The molecular weight excluding hydrogens is 597 g/mol. The molecule has 0 atom stereocenters. The minimum absolute atomic E-state index is 0.0617. The lowest BCUT2D eigenvalue weighted by atomic mass is 9.92. The number of pyridine rings is 3. The van der Waals surface area contributed by atoms with E-state index in [0.717, 1.165) is 6.26 Å². The number of fused-ring (bicyclic) bond motifs is 2. The second-order valence-electron chi connectivity index (χ2n) is 12.0. The molecule has 0 bridgehead atoms. The van der Waals surface area contributed by atoms with Crippen molar-refractivity contribution < 1.29 is 17.6 Å². The van der Waals surface area contributed by atoms with E-state index >= 15 is 0 Å². The maximum atomic E-state index is 14.6. The molecule has 0 saturated heterocycles. The lowest BCUT2D eigenvalue weighted by molar-refractivity contribution is -0.117. The van der Waals surface area contributed by atoms with Gasteiger partial charge >= 0.3 is 0 Å². The summed E-state index contributed by atoms with van der Waals surface area (Å²) in [4.78, 5) is 34.0. The van der Waals surface area contributed by atoms with E-state index in [1.807, 2.05) is 39.0 Å². The number of aromatic nitrogens is 7. The molecule has 0 radical (unpaired) electrons. The van der Waals surface area contributed by atoms with Crippen LogP contribution in [0.25, 0.3) is 56.0 Å². The quantitative estimate of drug-likeness (QED) is 0.179. The molecule has 0 spiro atoms. The predicted octanol–water partition coefficient (Wildman–Crippen LogP) is 5.19. The van der Waals surface area contributed by atoms with Gasteiger partial charge in [0.05, 0.1) is 46.6 Å². The van der Waals surface area contributed by atoms with E-state index in [0.29, 0.717) is 73.6 Å². The number of rotatable bonds is 8. The van der Waals surface area contributed by atoms with Gasteiger partial charge in [-0.15, -0.1) is 0 Å². The van der Waals surface area contributed by atoms with Crippen LogP contribution in [0.3, 0.4) is 0 Å². The minimum atomic E-state index is -3.46. The monoisotopic (exact) mass is 627 g/mol. The molecule has 5 aromatic heterocycles. The van der Waals surface area contributed by atoms with Gasteiger partial charge in [-0.1, -0.05) is 20.8 Å². The second-order valence-corrected chi connectivity index (χ2v) is 13.9. The third kappa shape index (κ3) is 6.86. The summed E-state index contributed by atoms with van der Waals surface area (Å²) in [6.07, 6.45) is 7.87. The van der Waals surface area contributed by atoms with Crippen LogP contribution in [0.5, 0.6) is 0 Å². The maximum Gasteiger partial charge on any atom is 0.224 e.